The van der Waals surface area contributed by atoms with Crippen LogP contribution < -0.4 is 10.2 Å². The summed E-state index contributed by atoms with van der Waals surface area (Å²) < 4.78 is 26.2. The zero-order valence-electron chi connectivity index (χ0n) is 17.5. The van der Waals surface area contributed by atoms with Crippen LogP contribution in [0.1, 0.15) is 37.3 Å². The van der Waals surface area contributed by atoms with E-state index in [1.54, 1.807) is 29.2 Å². The molecule has 0 spiro atoms. The summed E-state index contributed by atoms with van der Waals surface area (Å²) in [6, 6.07) is 10.2. The minimum Gasteiger partial charge on any atom is -0.325 e. The zero-order chi connectivity index (χ0) is 22.3. The topological polar surface area (TPSA) is 83.6 Å². The summed E-state index contributed by atoms with van der Waals surface area (Å²) in [4.78, 5) is 26.8. The SMILES string of the molecule is Cc1ccc(NC(=O)CC(C)S(=O)(=O)c2ccc3c(c2)CCN3C(=O)C2CC2)c(Cl)c1. The largest absolute Gasteiger partial charge is 0.325 e. The summed E-state index contributed by atoms with van der Waals surface area (Å²) >= 11 is 6.15. The molecular formula is C23H25ClN2O4S. The number of carbonyl (C=O) groups is 2. The molecule has 8 heteroatoms. The number of sulfone groups is 1. The number of hydrogen-bond acceptors (Lipinski definition) is 4. The second kappa shape index (κ2) is 8.28. The molecule has 0 aromatic heterocycles. The first-order chi connectivity index (χ1) is 14.7. The average Bonchev–Trinajstić information content (AvgIpc) is 3.48. The first-order valence-corrected chi connectivity index (χ1v) is 12.3. The Balaban J connectivity index is 1.46. The molecule has 1 saturated carbocycles. The van der Waals surface area contributed by atoms with Gasteiger partial charge in [0.1, 0.15) is 0 Å². The van der Waals surface area contributed by atoms with Gasteiger partial charge in [0.2, 0.25) is 11.8 Å². The number of hydrogen-bond donors (Lipinski definition) is 1. The van der Waals surface area contributed by atoms with Gasteiger partial charge in [0.25, 0.3) is 0 Å². The molecule has 1 aliphatic heterocycles. The summed E-state index contributed by atoms with van der Waals surface area (Å²) in [5.41, 5.74) is 3.08. The Bertz CT molecular complexity index is 1160. The van der Waals surface area contributed by atoms with E-state index in [-0.39, 0.29) is 23.1 Å². The van der Waals surface area contributed by atoms with E-state index in [1.165, 1.54) is 13.0 Å². The molecule has 1 N–H and O–H groups in total. The van der Waals surface area contributed by atoms with Crippen molar-refractivity contribution in [2.24, 2.45) is 5.92 Å². The first kappa shape index (κ1) is 21.8. The van der Waals surface area contributed by atoms with Crippen LogP contribution in [0.5, 0.6) is 0 Å². The van der Waals surface area contributed by atoms with Crippen LogP contribution in [0.15, 0.2) is 41.3 Å². The van der Waals surface area contributed by atoms with Crippen LogP contribution >= 0.6 is 11.6 Å². The van der Waals surface area contributed by atoms with Crippen molar-refractivity contribution >= 4 is 44.6 Å². The Labute approximate surface area is 187 Å². The second-order valence-corrected chi connectivity index (χ2v) is 11.2. The molecule has 1 aliphatic carbocycles. The van der Waals surface area contributed by atoms with Gasteiger partial charge in [-0.1, -0.05) is 17.7 Å². The number of rotatable bonds is 6. The van der Waals surface area contributed by atoms with Crippen LogP contribution in [0.2, 0.25) is 5.02 Å². The van der Waals surface area contributed by atoms with Gasteiger partial charge >= 0.3 is 0 Å². The standard InChI is InChI=1S/C23H25ClN2O4S/c1-14-3-7-20(19(24)11-14)25-22(27)12-15(2)31(29,30)18-6-8-21-17(13-18)9-10-26(21)23(28)16-4-5-16/h3,6-8,11,13,15-16H,4-5,9-10,12H2,1-2H3,(H,25,27). The third kappa shape index (κ3) is 4.48. The molecule has 0 saturated heterocycles. The molecule has 2 aromatic carbocycles. The lowest BCUT2D eigenvalue weighted by Crippen LogP contribution is -2.30. The maximum Gasteiger partial charge on any atom is 0.230 e. The lowest BCUT2D eigenvalue weighted by Gasteiger charge is -2.18. The highest BCUT2D eigenvalue weighted by Gasteiger charge is 2.37. The number of fused-ring (bicyclic) bond motifs is 1. The predicted octanol–water partition coefficient (Wildman–Crippen LogP) is 4.14. The second-order valence-electron chi connectivity index (χ2n) is 8.40. The van der Waals surface area contributed by atoms with Crippen LogP contribution in [0.3, 0.4) is 0 Å². The normalized spacial score (nSPS) is 16.7. The highest BCUT2D eigenvalue weighted by atomic mass is 35.5. The van der Waals surface area contributed by atoms with Gasteiger partial charge < -0.3 is 10.2 Å². The summed E-state index contributed by atoms with van der Waals surface area (Å²) in [6.45, 7) is 4.01. The minimum absolute atomic E-state index is 0.120. The average molecular weight is 461 g/mol. The number of aryl methyl sites for hydroxylation is 1. The van der Waals surface area contributed by atoms with Gasteiger partial charge in [-0.3, -0.25) is 9.59 Å². The summed E-state index contributed by atoms with van der Waals surface area (Å²) in [7, 11) is -3.70. The third-order valence-electron chi connectivity index (χ3n) is 5.87. The van der Waals surface area contributed by atoms with Gasteiger partial charge in [-0.15, -0.1) is 0 Å². The van der Waals surface area contributed by atoms with E-state index in [2.05, 4.69) is 5.32 Å². The van der Waals surface area contributed by atoms with Gasteiger partial charge in [-0.25, -0.2) is 8.42 Å². The molecule has 2 aromatic rings. The smallest absolute Gasteiger partial charge is 0.230 e. The van der Waals surface area contributed by atoms with Crippen LogP contribution in [0.4, 0.5) is 11.4 Å². The van der Waals surface area contributed by atoms with E-state index in [1.807, 2.05) is 13.0 Å². The Hall–Kier alpha value is -2.38. The molecule has 1 atom stereocenters. The van der Waals surface area contributed by atoms with Gasteiger partial charge in [0, 0.05) is 24.6 Å². The van der Waals surface area contributed by atoms with Crippen molar-refractivity contribution in [3.63, 3.8) is 0 Å². The van der Waals surface area contributed by atoms with Crippen molar-refractivity contribution in [2.45, 2.75) is 49.7 Å². The van der Waals surface area contributed by atoms with E-state index in [9.17, 15) is 18.0 Å². The van der Waals surface area contributed by atoms with Crippen molar-refractivity contribution in [3.8, 4) is 0 Å². The number of benzene rings is 2. The molecule has 4 rings (SSSR count). The quantitative estimate of drug-likeness (QED) is 0.702. The van der Waals surface area contributed by atoms with Crippen LogP contribution in [0.25, 0.3) is 0 Å². The zero-order valence-corrected chi connectivity index (χ0v) is 19.1. The van der Waals surface area contributed by atoms with Crippen LogP contribution in [0, 0.1) is 12.8 Å². The highest BCUT2D eigenvalue weighted by Crippen LogP contribution is 2.37. The predicted molar refractivity (Wildman–Crippen MR) is 121 cm³/mol. The van der Waals surface area contributed by atoms with Crippen molar-refractivity contribution in [3.05, 3.63) is 52.5 Å². The van der Waals surface area contributed by atoms with E-state index in [0.29, 0.717) is 23.7 Å². The van der Waals surface area contributed by atoms with Gasteiger partial charge in [0.05, 0.1) is 20.9 Å². The molecule has 1 unspecified atom stereocenters. The van der Waals surface area contributed by atoms with Gasteiger partial charge in [-0.2, -0.15) is 0 Å². The van der Waals surface area contributed by atoms with E-state index >= 15 is 0 Å². The summed E-state index contributed by atoms with van der Waals surface area (Å²) in [5.74, 6) is -0.159. The maximum absolute atomic E-state index is 13.1. The molecule has 1 heterocycles. The molecule has 6 nitrogen and oxygen atoms in total. The Kier molecular flexibility index (Phi) is 5.83. The van der Waals surface area contributed by atoms with Crippen LogP contribution in [-0.4, -0.2) is 32.0 Å². The van der Waals surface area contributed by atoms with Crippen molar-refractivity contribution < 1.29 is 18.0 Å². The molecular weight excluding hydrogens is 436 g/mol. The molecule has 0 radical (unpaired) electrons. The van der Waals surface area contributed by atoms with E-state index in [4.69, 9.17) is 11.6 Å². The lowest BCUT2D eigenvalue weighted by atomic mass is 10.2. The number of amides is 2. The number of nitrogens with zero attached hydrogens (tertiary/aromatic N) is 1. The number of carbonyl (C=O) groups excluding carboxylic acids is 2. The number of nitrogens with one attached hydrogen (secondary N) is 1. The molecule has 0 bridgehead atoms. The summed E-state index contributed by atoms with van der Waals surface area (Å²) in [6.07, 6.45) is 2.32. The van der Waals surface area contributed by atoms with Gasteiger partial charge in [0.15, 0.2) is 9.84 Å². The summed E-state index contributed by atoms with van der Waals surface area (Å²) in [5, 5.41) is 2.20. The molecule has 2 aliphatic rings. The molecule has 31 heavy (non-hydrogen) atoms. The monoisotopic (exact) mass is 460 g/mol. The fraction of sp³-hybridized carbons (Fsp3) is 0.391. The fourth-order valence-corrected chi connectivity index (χ4v) is 5.54. The molecule has 2 amide bonds. The fourth-order valence-electron chi connectivity index (χ4n) is 3.86. The Morgan fingerprint density at radius 1 is 1.19 bits per heavy atom. The minimum atomic E-state index is -3.70. The molecule has 164 valence electrons. The lowest BCUT2D eigenvalue weighted by molar-refractivity contribution is -0.119. The van der Waals surface area contributed by atoms with Crippen molar-refractivity contribution in [1.29, 1.82) is 0 Å². The van der Waals surface area contributed by atoms with Crippen molar-refractivity contribution in [2.75, 3.05) is 16.8 Å². The Morgan fingerprint density at radius 2 is 1.94 bits per heavy atom. The van der Waals surface area contributed by atoms with E-state index < -0.39 is 21.0 Å². The van der Waals surface area contributed by atoms with E-state index in [0.717, 1.165) is 29.7 Å². The van der Waals surface area contributed by atoms with Crippen LogP contribution in [-0.2, 0) is 25.8 Å². The first-order valence-electron chi connectivity index (χ1n) is 10.4. The van der Waals surface area contributed by atoms with Crippen molar-refractivity contribution in [1.82, 2.24) is 0 Å². The maximum atomic E-state index is 13.1. The molecule has 1 fully saturated rings. The Morgan fingerprint density at radius 3 is 2.61 bits per heavy atom. The number of halogens is 1. The number of anilines is 2. The third-order valence-corrected chi connectivity index (χ3v) is 8.32. The highest BCUT2D eigenvalue weighted by molar-refractivity contribution is 7.92. The van der Waals surface area contributed by atoms with Gasteiger partial charge in [-0.05, 0) is 74.6 Å².